The number of nitrogens with zero attached hydrogens (tertiary/aromatic N) is 5. The molecule has 2 N–H and O–H groups in total. The van der Waals surface area contributed by atoms with Crippen molar-refractivity contribution in [2.75, 3.05) is 64.6 Å². The van der Waals surface area contributed by atoms with Gasteiger partial charge in [-0.25, -0.2) is 4.98 Å². The van der Waals surface area contributed by atoms with Gasteiger partial charge in [0.15, 0.2) is 5.82 Å². The minimum atomic E-state index is 0.00259. The minimum absolute atomic E-state index is 0.00259. The second-order valence-corrected chi connectivity index (χ2v) is 13.2. The number of ether oxygens (including phenoxy) is 1. The Morgan fingerprint density at radius 2 is 1.67 bits per heavy atom. The Bertz CT molecular complexity index is 1250. The molecule has 11 heteroatoms. The van der Waals surface area contributed by atoms with Crippen LogP contribution in [0.1, 0.15) is 63.0 Å². The number of rotatable bonds is 10. The van der Waals surface area contributed by atoms with Gasteiger partial charge in [-0.2, -0.15) is 4.98 Å². The topological polar surface area (TPSA) is 103 Å². The number of anilines is 3. The SMILES string of the molecule is Cc1cc(Nc2ncc(Cl)c(N3C[C@H](CC(=O)N(C)C)C[C@H](CC(=O)N(C)C)C3)n2)c(OC(C)C)cc1C1CCNCC1. The van der Waals surface area contributed by atoms with E-state index in [-0.39, 0.29) is 29.8 Å². The first-order valence-corrected chi connectivity index (χ1v) is 15.8. The molecular weight excluding hydrogens is 566 g/mol. The zero-order valence-electron chi connectivity index (χ0n) is 26.7. The lowest BCUT2D eigenvalue weighted by atomic mass is 9.84. The van der Waals surface area contributed by atoms with E-state index in [0.29, 0.717) is 48.6 Å². The predicted molar refractivity (Wildman–Crippen MR) is 173 cm³/mol. The first kappa shape index (κ1) is 32.8. The molecule has 0 saturated carbocycles. The van der Waals surface area contributed by atoms with E-state index < -0.39 is 0 Å². The number of halogens is 1. The molecule has 2 amide bonds. The fourth-order valence-electron chi connectivity index (χ4n) is 6.13. The number of hydrogen-bond acceptors (Lipinski definition) is 8. The average Bonchev–Trinajstić information content (AvgIpc) is 2.95. The van der Waals surface area contributed by atoms with Gasteiger partial charge >= 0.3 is 0 Å². The van der Waals surface area contributed by atoms with Gasteiger partial charge in [-0.05, 0) is 94.1 Å². The molecule has 1 aromatic carbocycles. The highest BCUT2D eigenvalue weighted by molar-refractivity contribution is 6.32. The highest BCUT2D eigenvalue weighted by Gasteiger charge is 2.32. The van der Waals surface area contributed by atoms with E-state index in [1.165, 1.54) is 11.1 Å². The molecule has 4 rings (SSSR count). The number of aromatic nitrogens is 2. The van der Waals surface area contributed by atoms with Crippen LogP contribution in [0.2, 0.25) is 5.02 Å². The third kappa shape index (κ3) is 8.72. The zero-order valence-corrected chi connectivity index (χ0v) is 27.5. The molecule has 0 unspecified atom stereocenters. The lowest BCUT2D eigenvalue weighted by Crippen LogP contribution is -2.44. The fraction of sp³-hybridized carbons (Fsp3) is 0.625. The van der Waals surface area contributed by atoms with Gasteiger partial charge in [-0.3, -0.25) is 9.59 Å². The van der Waals surface area contributed by atoms with Gasteiger partial charge in [0.05, 0.1) is 18.0 Å². The van der Waals surface area contributed by atoms with Crippen LogP contribution in [-0.2, 0) is 9.59 Å². The van der Waals surface area contributed by atoms with E-state index in [9.17, 15) is 9.59 Å². The summed E-state index contributed by atoms with van der Waals surface area (Å²) in [4.78, 5) is 40.0. The third-order valence-electron chi connectivity index (χ3n) is 8.33. The van der Waals surface area contributed by atoms with Crippen molar-refractivity contribution in [3.05, 3.63) is 34.5 Å². The van der Waals surface area contributed by atoms with Crippen molar-refractivity contribution in [3.63, 3.8) is 0 Å². The second kappa shape index (κ2) is 14.6. The molecule has 2 aliphatic heterocycles. The van der Waals surface area contributed by atoms with Crippen molar-refractivity contribution in [1.82, 2.24) is 25.1 Å². The van der Waals surface area contributed by atoms with Gasteiger partial charge in [-0.1, -0.05) is 11.6 Å². The molecule has 0 radical (unpaired) electrons. The zero-order chi connectivity index (χ0) is 31.3. The molecule has 0 spiro atoms. The number of hydrogen-bond donors (Lipinski definition) is 2. The van der Waals surface area contributed by atoms with E-state index in [1.807, 2.05) is 13.8 Å². The quantitative estimate of drug-likeness (QED) is 0.393. The van der Waals surface area contributed by atoms with E-state index in [1.54, 1.807) is 44.2 Å². The lowest BCUT2D eigenvalue weighted by Gasteiger charge is -2.39. The summed E-state index contributed by atoms with van der Waals surface area (Å²) in [5.74, 6) is 2.57. The normalized spacial score (nSPS) is 19.3. The molecule has 2 atom stereocenters. The van der Waals surface area contributed by atoms with E-state index in [4.69, 9.17) is 21.3 Å². The van der Waals surface area contributed by atoms with Crippen molar-refractivity contribution in [2.24, 2.45) is 11.8 Å². The van der Waals surface area contributed by atoms with Gasteiger partial charge in [0, 0.05) is 54.1 Å². The Labute approximate surface area is 261 Å². The molecule has 2 saturated heterocycles. The maximum Gasteiger partial charge on any atom is 0.229 e. The van der Waals surface area contributed by atoms with Crippen LogP contribution in [0.3, 0.4) is 0 Å². The van der Waals surface area contributed by atoms with Crippen molar-refractivity contribution in [3.8, 4) is 5.75 Å². The van der Waals surface area contributed by atoms with Gasteiger partial charge in [0.1, 0.15) is 10.8 Å². The smallest absolute Gasteiger partial charge is 0.229 e. The second-order valence-electron chi connectivity index (χ2n) is 12.7. The van der Waals surface area contributed by atoms with Gasteiger partial charge < -0.3 is 30.1 Å². The lowest BCUT2D eigenvalue weighted by molar-refractivity contribution is -0.130. The van der Waals surface area contributed by atoms with Gasteiger partial charge in [0.2, 0.25) is 17.8 Å². The molecule has 0 bridgehead atoms. The Balaban J connectivity index is 1.62. The summed E-state index contributed by atoms with van der Waals surface area (Å²) < 4.78 is 6.27. The van der Waals surface area contributed by atoms with Crippen LogP contribution in [0, 0.1) is 18.8 Å². The number of aryl methyl sites for hydroxylation is 1. The van der Waals surface area contributed by atoms with Crippen LogP contribution in [0.25, 0.3) is 0 Å². The summed E-state index contributed by atoms with van der Waals surface area (Å²) in [5, 5.41) is 7.29. The summed E-state index contributed by atoms with van der Waals surface area (Å²) in [6, 6.07) is 4.30. The highest BCUT2D eigenvalue weighted by Crippen LogP contribution is 2.38. The molecule has 2 fully saturated rings. The predicted octanol–water partition coefficient (Wildman–Crippen LogP) is 4.84. The van der Waals surface area contributed by atoms with Crippen molar-refractivity contribution < 1.29 is 14.3 Å². The first-order valence-electron chi connectivity index (χ1n) is 15.4. The fourth-order valence-corrected chi connectivity index (χ4v) is 6.34. The van der Waals surface area contributed by atoms with Gasteiger partial charge in [0.25, 0.3) is 0 Å². The Morgan fingerprint density at radius 3 is 2.23 bits per heavy atom. The minimum Gasteiger partial charge on any atom is -0.489 e. The summed E-state index contributed by atoms with van der Waals surface area (Å²) in [7, 11) is 7.08. The highest BCUT2D eigenvalue weighted by atomic mass is 35.5. The molecule has 2 aromatic rings. The summed E-state index contributed by atoms with van der Waals surface area (Å²) in [6.07, 6.45) is 5.43. The molecular formula is C32H48ClN7O3. The summed E-state index contributed by atoms with van der Waals surface area (Å²) >= 11 is 6.70. The van der Waals surface area contributed by atoms with Crippen LogP contribution in [0.5, 0.6) is 5.75 Å². The molecule has 10 nitrogen and oxygen atoms in total. The summed E-state index contributed by atoms with van der Waals surface area (Å²) in [6.45, 7) is 9.48. The Hall–Kier alpha value is -3.11. The number of amides is 2. The molecule has 3 heterocycles. The molecule has 0 aliphatic carbocycles. The van der Waals surface area contributed by atoms with Crippen molar-refractivity contribution >= 4 is 40.9 Å². The Morgan fingerprint density at radius 1 is 1.07 bits per heavy atom. The van der Waals surface area contributed by atoms with Crippen LogP contribution < -0.4 is 20.3 Å². The van der Waals surface area contributed by atoms with E-state index in [2.05, 4.69) is 39.6 Å². The third-order valence-corrected chi connectivity index (χ3v) is 8.60. The number of piperidine rings is 2. The van der Waals surface area contributed by atoms with Crippen LogP contribution >= 0.6 is 11.6 Å². The molecule has 43 heavy (non-hydrogen) atoms. The monoisotopic (exact) mass is 613 g/mol. The van der Waals surface area contributed by atoms with Gasteiger partial charge in [-0.15, -0.1) is 0 Å². The number of carbonyl (C=O) groups is 2. The van der Waals surface area contributed by atoms with Crippen LogP contribution in [-0.4, -0.2) is 92.1 Å². The largest absolute Gasteiger partial charge is 0.489 e. The first-order chi connectivity index (χ1) is 20.4. The van der Waals surface area contributed by atoms with Crippen molar-refractivity contribution in [2.45, 2.75) is 64.9 Å². The molecule has 1 aromatic heterocycles. The maximum atomic E-state index is 12.6. The van der Waals surface area contributed by atoms with Crippen LogP contribution in [0.4, 0.5) is 17.5 Å². The molecule has 236 valence electrons. The summed E-state index contributed by atoms with van der Waals surface area (Å²) in [5.41, 5.74) is 3.34. The number of nitrogens with one attached hydrogen (secondary N) is 2. The van der Waals surface area contributed by atoms with E-state index in [0.717, 1.165) is 43.8 Å². The molecule has 2 aliphatic rings. The van der Waals surface area contributed by atoms with Crippen molar-refractivity contribution in [1.29, 1.82) is 0 Å². The maximum absolute atomic E-state index is 12.6. The number of carbonyl (C=O) groups excluding carboxylic acids is 2. The van der Waals surface area contributed by atoms with Crippen LogP contribution in [0.15, 0.2) is 18.3 Å². The van der Waals surface area contributed by atoms with E-state index >= 15 is 0 Å². The average molecular weight is 614 g/mol. The number of benzene rings is 1. The Kier molecular flexibility index (Phi) is 11.1. The standard InChI is InChI=1S/C32H48ClN7O3/c1-20(2)43-28-16-25(24-8-10-34-11-9-24)21(3)12-27(28)36-32-35-17-26(33)31(37-32)40-18-22(14-29(41)38(4)5)13-23(19-40)15-30(42)39(6)7/h12,16-17,20,22-24,34H,8-11,13-15,18-19H2,1-7H3,(H,35,36,37)/t22-,23+.